The molecular formula is C16H20N2. The van der Waals surface area contributed by atoms with Gasteiger partial charge in [-0.2, -0.15) is 0 Å². The summed E-state index contributed by atoms with van der Waals surface area (Å²) in [6, 6.07) is 17.0. The van der Waals surface area contributed by atoms with E-state index in [-0.39, 0.29) is 0 Å². The van der Waals surface area contributed by atoms with Crippen LogP contribution < -0.4 is 11.1 Å². The second kappa shape index (κ2) is 6.34. The molecule has 0 aliphatic heterocycles. The van der Waals surface area contributed by atoms with Crippen LogP contribution in [-0.4, -0.2) is 0 Å². The fourth-order valence-electron chi connectivity index (χ4n) is 2.04. The van der Waals surface area contributed by atoms with Gasteiger partial charge in [-0.25, -0.2) is 0 Å². The zero-order valence-electron chi connectivity index (χ0n) is 10.8. The molecule has 3 N–H and O–H groups in total. The summed E-state index contributed by atoms with van der Waals surface area (Å²) in [4.78, 5) is 0. The van der Waals surface area contributed by atoms with E-state index in [1.165, 1.54) is 22.3 Å². The van der Waals surface area contributed by atoms with Gasteiger partial charge in [-0.05, 0) is 23.6 Å². The standard InChI is InChI=1S/C16H20N2/c1-13-4-2-6-15(8-13)11-18-12-16-7-3-5-14(9-16)10-17/h2-9,18H,10-12,17H2,1H3. The molecule has 0 aliphatic carbocycles. The van der Waals surface area contributed by atoms with Crippen LogP contribution in [0.5, 0.6) is 0 Å². The quantitative estimate of drug-likeness (QED) is 0.843. The lowest BCUT2D eigenvalue weighted by Gasteiger charge is -2.07. The molecule has 0 radical (unpaired) electrons. The van der Waals surface area contributed by atoms with E-state index < -0.39 is 0 Å². The predicted molar refractivity (Wildman–Crippen MR) is 76.1 cm³/mol. The number of hydrogen-bond donors (Lipinski definition) is 2. The summed E-state index contributed by atoms with van der Waals surface area (Å²) in [5, 5.41) is 3.46. The van der Waals surface area contributed by atoms with Crippen molar-refractivity contribution in [3.8, 4) is 0 Å². The van der Waals surface area contributed by atoms with Gasteiger partial charge in [-0.15, -0.1) is 0 Å². The number of nitrogens with one attached hydrogen (secondary N) is 1. The van der Waals surface area contributed by atoms with Gasteiger partial charge in [0.1, 0.15) is 0 Å². The smallest absolute Gasteiger partial charge is 0.0208 e. The number of nitrogens with two attached hydrogens (primary N) is 1. The molecule has 0 aromatic heterocycles. The summed E-state index contributed by atoms with van der Waals surface area (Å²) in [5.41, 5.74) is 10.7. The molecule has 0 saturated heterocycles. The Hall–Kier alpha value is -1.64. The largest absolute Gasteiger partial charge is 0.326 e. The van der Waals surface area contributed by atoms with Crippen molar-refractivity contribution >= 4 is 0 Å². The van der Waals surface area contributed by atoms with E-state index in [4.69, 9.17) is 5.73 Å². The van der Waals surface area contributed by atoms with Gasteiger partial charge in [0.15, 0.2) is 0 Å². The van der Waals surface area contributed by atoms with Crippen LogP contribution in [0.25, 0.3) is 0 Å². The van der Waals surface area contributed by atoms with Crippen LogP contribution >= 0.6 is 0 Å². The lowest BCUT2D eigenvalue weighted by molar-refractivity contribution is 0.692. The molecule has 0 bridgehead atoms. The molecule has 94 valence electrons. The van der Waals surface area contributed by atoms with Crippen molar-refractivity contribution in [3.63, 3.8) is 0 Å². The molecule has 2 nitrogen and oxygen atoms in total. The van der Waals surface area contributed by atoms with Crippen molar-refractivity contribution in [1.29, 1.82) is 0 Å². The second-order valence-electron chi connectivity index (χ2n) is 4.62. The average molecular weight is 240 g/mol. The fourth-order valence-corrected chi connectivity index (χ4v) is 2.04. The first-order valence-electron chi connectivity index (χ1n) is 6.32. The maximum Gasteiger partial charge on any atom is 0.0208 e. The zero-order valence-corrected chi connectivity index (χ0v) is 10.8. The van der Waals surface area contributed by atoms with Gasteiger partial charge >= 0.3 is 0 Å². The minimum atomic E-state index is 0.603. The van der Waals surface area contributed by atoms with Crippen molar-refractivity contribution in [3.05, 3.63) is 70.8 Å². The van der Waals surface area contributed by atoms with E-state index in [9.17, 15) is 0 Å². The van der Waals surface area contributed by atoms with Crippen LogP contribution in [0.2, 0.25) is 0 Å². The molecule has 0 saturated carbocycles. The first kappa shape index (κ1) is 12.8. The van der Waals surface area contributed by atoms with Gasteiger partial charge in [0, 0.05) is 19.6 Å². The van der Waals surface area contributed by atoms with Crippen molar-refractivity contribution in [2.75, 3.05) is 0 Å². The maximum absolute atomic E-state index is 5.63. The third-order valence-corrected chi connectivity index (χ3v) is 2.97. The third kappa shape index (κ3) is 3.69. The molecule has 18 heavy (non-hydrogen) atoms. The topological polar surface area (TPSA) is 38.0 Å². The molecule has 2 aromatic carbocycles. The van der Waals surface area contributed by atoms with Crippen molar-refractivity contribution < 1.29 is 0 Å². The highest BCUT2D eigenvalue weighted by Crippen LogP contribution is 2.06. The molecule has 0 spiro atoms. The summed E-state index contributed by atoms with van der Waals surface area (Å²) < 4.78 is 0. The van der Waals surface area contributed by atoms with Gasteiger partial charge in [-0.3, -0.25) is 0 Å². The molecule has 0 amide bonds. The van der Waals surface area contributed by atoms with Crippen LogP contribution in [0, 0.1) is 6.92 Å². The Kier molecular flexibility index (Phi) is 4.51. The Bertz CT molecular complexity index is 506. The Balaban J connectivity index is 1.88. The van der Waals surface area contributed by atoms with Crippen LogP contribution in [-0.2, 0) is 19.6 Å². The van der Waals surface area contributed by atoms with Crippen molar-refractivity contribution in [2.45, 2.75) is 26.6 Å². The lowest BCUT2D eigenvalue weighted by atomic mass is 10.1. The molecule has 0 atom stereocenters. The highest BCUT2D eigenvalue weighted by atomic mass is 14.8. The highest BCUT2D eigenvalue weighted by molar-refractivity contribution is 5.24. The summed E-state index contributed by atoms with van der Waals surface area (Å²) in [7, 11) is 0. The predicted octanol–water partition coefficient (Wildman–Crippen LogP) is 2.74. The van der Waals surface area contributed by atoms with E-state index >= 15 is 0 Å². The fraction of sp³-hybridized carbons (Fsp3) is 0.250. The van der Waals surface area contributed by atoms with Gasteiger partial charge in [0.05, 0.1) is 0 Å². The molecule has 0 unspecified atom stereocenters. The van der Waals surface area contributed by atoms with Crippen LogP contribution in [0.15, 0.2) is 48.5 Å². The van der Waals surface area contributed by atoms with Crippen molar-refractivity contribution in [2.24, 2.45) is 5.73 Å². The summed E-state index contributed by atoms with van der Waals surface area (Å²) in [6.07, 6.45) is 0. The molecule has 2 heteroatoms. The van der Waals surface area contributed by atoms with Gasteiger partial charge in [-0.1, -0.05) is 54.1 Å². The average Bonchev–Trinajstić information content (AvgIpc) is 2.39. The van der Waals surface area contributed by atoms with Crippen molar-refractivity contribution in [1.82, 2.24) is 5.32 Å². The lowest BCUT2D eigenvalue weighted by Crippen LogP contribution is -2.13. The Morgan fingerprint density at radius 2 is 1.50 bits per heavy atom. The first-order chi connectivity index (χ1) is 8.78. The summed E-state index contributed by atoms with van der Waals surface area (Å²) in [6.45, 7) is 4.50. The highest BCUT2D eigenvalue weighted by Gasteiger charge is 1.96. The van der Waals surface area contributed by atoms with Crippen LogP contribution in [0.1, 0.15) is 22.3 Å². The van der Waals surface area contributed by atoms with Crippen LogP contribution in [0.3, 0.4) is 0 Å². The molecule has 0 aliphatic rings. The van der Waals surface area contributed by atoms with Gasteiger partial charge in [0.2, 0.25) is 0 Å². The van der Waals surface area contributed by atoms with E-state index in [0.29, 0.717) is 6.54 Å². The molecule has 0 heterocycles. The monoisotopic (exact) mass is 240 g/mol. The summed E-state index contributed by atoms with van der Waals surface area (Å²) >= 11 is 0. The first-order valence-corrected chi connectivity index (χ1v) is 6.32. The normalized spacial score (nSPS) is 10.6. The second-order valence-corrected chi connectivity index (χ2v) is 4.62. The van der Waals surface area contributed by atoms with Gasteiger partial charge < -0.3 is 11.1 Å². The Labute approximate surface area is 109 Å². The number of hydrogen-bond acceptors (Lipinski definition) is 2. The number of aryl methyl sites for hydroxylation is 1. The molecule has 0 fully saturated rings. The molecule has 2 aromatic rings. The number of rotatable bonds is 5. The summed E-state index contributed by atoms with van der Waals surface area (Å²) in [5.74, 6) is 0. The van der Waals surface area contributed by atoms with E-state index in [2.05, 4.69) is 60.8 Å². The van der Waals surface area contributed by atoms with E-state index in [0.717, 1.165) is 13.1 Å². The Morgan fingerprint density at radius 3 is 2.17 bits per heavy atom. The SMILES string of the molecule is Cc1cccc(CNCc2cccc(CN)c2)c1. The third-order valence-electron chi connectivity index (χ3n) is 2.97. The zero-order chi connectivity index (χ0) is 12.8. The molecule has 2 rings (SSSR count). The molecular weight excluding hydrogens is 220 g/mol. The Morgan fingerprint density at radius 1 is 0.889 bits per heavy atom. The minimum absolute atomic E-state index is 0.603. The van der Waals surface area contributed by atoms with E-state index in [1.807, 2.05) is 0 Å². The maximum atomic E-state index is 5.63. The van der Waals surface area contributed by atoms with Gasteiger partial charge in [0.25, 0.3) is 0 Å². The minimum Gasteiger partial charge on any atom is -0.326 e. The number of benzene rings is 2. The van der Waals surface area contributed by atoms with Crippen LogP contribution in [0.4, 0.5) is 0 Å². The van der Waals surface area contributed by atoms with E-state index in [1.54, 1.807) is 0 Å².